The van der Waals surface area contributed by atoms with Crippen molar-refractivity contribution in [3.63, 3.8) is 0 Å². The lowest BCUT2D eigenvalue weighted by Gasteiger charge is -2.25. The Morgan fingerprint density at radius 1 is 1.25 bits per heavy atom. The van der Waals surface area contributed by atoms with Crippen molar-refractivity contribution in [2.45, 2.75) is 39.3 Å². The molecule has 0 N–H and O–H groups in total. The number of hydrogen-bond acceptors (Lipinski definition) is 5. The Bertz CT molecular complexity index is 673. The molecule has 6 nitrogen and oxygen atoms in total. The summed E-state index contributed by atoms with van der Waals surface area (Å²) >= 11 is 1.51. The first-order valence-electron chi connectivity index (χ1n) is 8.39. The molecule has 0 aliphatic carbocycles. The average Bonchev–Trinajstić information content (AvgIpc) is 3.15. The predicted molar refractivity (Wildman–Crippen MR) is 95.1 cm³/mol. The summed E-state index contributed by atoms with van der Waals surface area (Å²) in [5.41, 5.74) is -0.0706. The van der Waals surface area contributed by atoms with Gasteiger partial charge in [0.1, 0.15) is 12.2 Å². The topological polar surface area (TPSA) is 54.3 Å². The molecule has 130 valence electrons. The third-order valence-electron chi connectivity index (χ3n) is 4.23. The standard InChI is InChI=1S/C17H25N5OS/c1-17(2,3)22-15(18-13-19-22)12-20-7-5-8-21(10-9-20)16(23)14-6-4-11-24-14/h4,6,11,13H,5,7-10,12H2,1-3H3. The Kier molecular flexibility index (Phi) is 5.01. The van der Waals surface area contributed by atoms with Gasteiger partial charge in [-0.25, -0.2) is 9.67 Å². The van der Waals surface area contributed by atoms with Crippen LogP contribution in [0, 0.1) is 0 Å². The van der Waals surface area contributed by atoms with Crippen LogP contribution in [0.4, 0.5) is 0 Å². The molecule has 3 rings (SSSR count). The number of hydrogen-bond donors (Lipinski definition) is 0. The molecule has 2 aromatic rings. The number of nitrogens with zero attached hydrogens (tertiary/aromatic N) is 5. The van der Waals surface area contributed by atoms with Crippen molar-refractivity contribution in [3.05, 3.63) is 34.5 Å². The predicted octanol–water partition coefficient (Wildman–Crippen LogP) is 2.44. The van der Waals surface area contributed by atoms with Crippen LogP contribution in [0.3, 0.4) is 0 Å². The van der Waals surface area contributed by atoms with Gasteiger partial charge in [-0.2, -0.15) is 5.10 Å². The van der Waals surface area contributed by atoms with E-state index in [2.05, 4.69) is 35.8 Å². The maximum atomic E-state index is 12.5. The monoisotopic (exact) mass is 347 g/mol. The number of carbonyl (C=O) groups is 1. The largest absolute Gasteiger partial charge is 0.337 e. The fraction of sp³-hybridized carbons (Fsp3) is 0.588. The van der Waals surface area contributed by atoms with Crippen LogP contribution in [0.15, 0.2) is 23.8 Å². The molecule has 0 bridgehead atoms. The number of carbonyl (C=O) groups excluding carboxylic acids is 1. The van der Waals surface area contributed by atoms with Crippen LogP contribution in [-0.4, -0.2) is 56.7 Å². The van der Waals surface area contributed by atoms with Crippen LogP contribution in [-0.2, 0) is 12.1 Å². The first kappa shape index (κ1) is 17.1. The van der Waals surface area contributed by atoms with E-state index in [-0.39, 0.29) is 11.4 Å². The van der Waals surface area contributed by atoms with Gasteiger partial charge < -0.3 is 4.90 Å². The Morgan fingerprint density at radius 2 is 2.08 bits per heavy atom. The minimum atomic E-state index is -0.0706. The molecule has 0 saturated carbocycles. The van der Waals surface area contributed by atoms with E-state index in [1.165, 1.54) is 11.3 Å². The Hall–Kier alpha value is -1.73. The highest BCUT2D eigenvalue weighted by Gasteiger charge is 2.23. The second kappa shape index (κ2) is 7.03. The molecular formula is C17H25N5OS. The van der Waals surface area contributed by atoms with Crippen LogP contribution in [0.1, 0.15) is 42.7 Å². The summed E-state index contributed by atoms with van der Waals surface area (Å²) in [4.78, 5) is 22.1. The van der Waals surface area contributed by atoms with E-state index in [9.17, 15) is 4.79 Å². The Labute approximate surface area is 147 Å². The molecule has 7 heteroatoms. The molecule has 2 aromatic heterocycles. The van der Waals surface area contributed by atoms with E-state index in [4.69, 9.17) is 0 Å². The van der Waals surface area contributed by atoms with Crippen molar-refractivity contribution < 1.29 is 4.79 Å². The summed E-state index contributed by atoms with van der Waals surface area (Å²) in [5.74, 6) is 1.14. The molecular weight excluding hydrogens is 322 g/mol. The molecule has 0 aromatic carbocycles. The fourth-order valence-electron chi connectivity index (χ4n) is 3.02. The lowest BCUT2D eigenvalue weighted by atomic mass is 10.1. The Balaban J connectivity index is 1.62. The van der Waals surface area contributed by atoms with Crippen molar-refractivity contribution in [2.75, 3.05) is 26.2 Å². The molecule has 1 aliphatic heterocycles. The van der Waals surface area contributed by atoms with Gasteiger partial charge >= 0.3 is 0 Å². The molecule has 3 heterocycles. The third-order valence-corrected chi connectivity index (χ3v) is 5.08. The summed E-state index contributed by atoms with van der Waals surface area (Å²) in [6.07, 6.45) is 2.62. The van der Waals surface area contributed by atoms with E-state index >= 15 is 0 Å². The molecule has 1 aliphatic rings. The summed E-state index contributed by atoms with van der Waals surface area (Å²) in [6, 6.07) is 3.84. The molecule has 1 saturated heterocycles. The lowest BCUT2D eigenvalue weighted by molar-refractivity contribution is 0.0765. The zero-order chi connectivity index (χ0) is 17.2. The second-order valence-electron chi connectivity index (χ2n) is 7.16. The van der Waals surface area contributed by atoms with E-state index in [1.54, 1.807) is 6.33 Å². The quantitative estimate of drug-likeness (QED) is 0.856. The van der Waals surface area contributed by atoms with Crippen molar-refractivity contribution in [3.8, 4) is 0 Å². The van der Waals surface area contributed by atoms with E-state index in [0.717, 1.165) is 49.8 Å². The highest BCUT2D eigenvalue weighted by atomic mass is 32.1. The average molecular weight is 347 g/mol. The van der Waals surface area contributed by atoms with E-state index < -0.39 is 0 Å². The summed E-state index contributed by atoms with van der Waals surface area (Å²) < 4.78 is 1.99. The van der Waals surface area contributed by atoms with Gasteiger partial charge in [-0.15, -0.1) is 11.3 Å². The number of amides is 1. The Morgan fingerprint density at radius 3 is 2.79 bits per heavy atom. The van der Waals surface area contributed by atoms with Gasteiger partial charge in [-0.1, -0.05) is 6.07 Å². The molecule has 0 atom stereocenters. The summed E-state index contributed by atoms with van der Waals surface area (Å²) in [6.45, 7) is 10.6. The van der Waals surface area contributed by atoms with Gasteiger partial charge in [0.2, 0.25) is 0 Å². The molecule has 0 unspecified atom stereocenters. The van der Waals surface area contributed by atoms with Crippen LogP contribution in [0.25, 0.3) is 0 Å². The molecule has 24 heavy (non-hydrogen) atoms. The molecule has 0 radical (unpaired) electrons. The minimum Gasteiger partial charge on any atom is -0.337 e. The molecule has 1 amide bonds. The van der Waals surface area contributed by atoms with Gasteiger partial charge in [0.05, 0.1) is 17.0 Å². The lowest BCUT2D eigenvalue weighted by Crippen LogP contribution is -2.35. The van der Waals surface area contributed by atoms with Gasteiger partial charge in [0, 0.05) is 26.2 Å². The molecule has 1 fully saturated rings. The van der Waals surface area contributed by atoms with Gasteiger partial charge in [-0.05, 0) is 38.6 Å². The van der Waals surface area contributed by atoms with Crippen molar-refractivity contribution in [1.82, 2.24) is 24.6 Å². The van der Waals surface area contributed by atoms with Crippen LogP contribution >= 0.6 is 11.3 Å². The number of thiophene rings is 1. The number of rotatable bonds is 3. The van der Waals surface area contributed by atoms with Gasteiger partial charge in [0.15, 0.2) is 0 Å². The van der Waals surface area contributed by atoms with Crippen LogP contribution < -0.4 is 0 Å². The van der Waals surface area contributed by atoms with E-state index in [0.29, 0.717) is 0 Å². The fourth-order valence-corrected chi connectivity index (χ4v) is 3.71. The SMILES string of the molecule is CC(C)(C)n1ncnc1CN1CCCN(C(=O)c2cccs2)CC1. The smallest absolute Gasteiger partial charge is 0.263 e. The van der Waals surface area contributed by atoms with Crippen LogP contribution in [0.5, 0.6) is 0 Å². The second-order valence-corrected chi connectivity index (χ2v) is 8.11. The first-order valence-corrected chi connectivity index (χ1v) is 9.27. The maximum Gasteiger partial charge on any atom is 0.263 e. The summed E-state index contributed by atoms with van der Waals surface area (Å²) in [5, 5.41) is 6.32. The van der Waals surface area contributed by atoms with Gasteiger partial charge in [-0.3, -0.25) is 9.69 Å². The summed E-state index contributed by atoms with van der Waals surface area (Å²) in [7, 11) is 0. The van der Waals surface area contributed by atoms with Crippen LogP contribution in [0.2, 0.25) is 0 Å². The first-order chi connectivity index (χ1) is 11.4. The minimum absolute atomic E-state index is 0.0706. The zero-order valence-corrected chi connectivity index (χ0v) is 15.4. The van der Waals surface area contributed by atoms with Gasteiger partial charge in [0.25, 0.3) is 5.91 Å². The normalized spacial score (nSPS) is 17.0. The van der Waals surface area contributed by atoms with Crippen molar-refractivity contribution in [2.24, 2.45) is 0 Å². The zero-order valence-electron chi connectivity index (χ0n) is 14.6. The third kappa shape index (κ3) is 3.84. The highest BCUT2D eigenvalue weighted by molar-refractivity contribution is 7.12. The maximum absolute atomic E-state index is 12.5. The van der Waals surface area contributed by atoms with Crippen molar-refractivity contribution in [1.29, 1.82) is 0 Å². The van der Waals surface area contributed by atoms with E-state index in [1.807, 2.05) is 27.1 Å². The molecule has 0 spiro atoms. The van der Waals surface area contributed by atoms with Crippen molar-refractivity contribution >= 4 is 17.2 Å². The number of aromatic nitrogens is 3. The highest BCUT2D eigenvalue weighted by Crippen LogP contribution is 2.17.